The Hall–Kier alpha value is -9.65. The van der Waals surface area contributed by atoms with E-state index in [4.69, 9.17) is 18.9 Å². The summed E-state index contributed by atoms with van der Waals surface area (Å²) >= 11 is 0. The number of rotatable bonds is 8. The van der Waals surface area contributed by atoms with Crippen LogP contribution in [0.3, 0.4) is 0 Å². The summed E-state index contributed by atoms with van der Waals surface area (Å²) in [6.07, 6.45) is 0. The molecule has 510 valence electrons. The number of benzene rings is 12. The minimum absolute atomic E-state index is 0.0940. The Kier molecular flexibility index (Phi) is 15.0. The summed E-state index contributed by atoms with van der Waals surface area (Å²) in [4.78, 5) is 29.7. The van der Waals surface area contributed by atoms with Gasteiger partial charge in [-0.05, 0) is 249 Å². The molecule has 0 fully saturated rings. The molecule has 0 saturated carbocycles. The number of esters is 2. The molecule has 0 bridgehead atoms. The van der Waals surface area contributed by atoms with E-state index in [1.54, 1.807) is 0 Å². The lowest BCUT2D eigenvalue weighted by molar-refractivity contribution is 0.0464. The van der Waals surface area contributed by atoms with Gasteiger partial charge in [0.05, 0.1) is 11.1 Å². The van der Waals surface area contributed by atoms with Gasteiger partial charge in [-0.25, -0.2) is 9.59 Å². The summed E-state index contributed by atoms with van der Waals surface area (Å²) in [6.45, 7) is 46.7. The number of aryl methyl sites for hydroxylation is 2. The van der Waals surface area contributed by atoms with Crippen molar-refractivity contribution in [2.45, 2.75) is 184 Å². The first-order valence-electron chi connectivity index (χ1n) is 36.6. The predicted octanol–water partition coefficient (Wildman–Crippen LogP) is 20.2. The first-order chi connectivity index (χ1) is 48.0. The molecule has 102 heavy (non-hydrogen) atoms. The van der Waals surface area contributed by atoms with E-state index in [1.165, 1.54) is 99.1 Å². The van der Waals surface area contributed by atoms with Crippen molar-refractivity contribution in [1.29, 1.82) is 0 Å². The highest BCUT2D eigenvalue weighted by molar-refractivity contribution is 7.01. The van der Waals surface area contributed by atoms with Crippen molar-refractivity contribution in [2.75, 3.05) is 0 Å². The van der Waals surface area contributed by atoms with Crippen LogP contribution in [0.1, 0.15) is 201 Å². The summed E-state index contributed by atoms with van der Waals surface area (Å²) < 4.78 is 27.0. The fourth-order valence-electron chi connectivity index (χ4n) is 17.1. The molecule has 6 nitrogen and oxygen atoms in total. The van der Waals surface area contributed by atoms with E-state index in [0.717, 1.165) is 77.7 Å². The van der Waals surface area contributed by atoms with Gasteiger partial charge in [0, 0.05) is 0 Å². The van der Waals surface area contributed by atoms with Gasteiger partial charge in [-0.3, -0.25) is 0 Å². The smallest absolute Gasteiger partial charge is 0.338 e. The Morgan fingerprint density at radius 3 is 1.15 bits per heavy atom. The molecule has 12 aromatic carbocycles. The van der Waals surface area contributed by atoms with E-state index in [-0.39, 0.29) is 52.4 Å². The molecule has 4 aliphatic rings. The molecule has 4 heterocycles. The van der Waals surface area contributed by atoms with Crippen LogP contribution in [0.5, 0.6) is 23.0 Å². The molecule has 0 aliphatic carbocycles. The summed E-state index contributed by atoms with van der Waals surface area (Å²) in [6, 6.07) is 61.3. The molecule has 0 unspecified atom stereocenters. The Balaban J connectivity index is 1.13. The lowest BCUT2D eigenvalue weighted by Crippen LogP contribution is -2.58. The normalized spacial score (nSPS) is 13.8. The number of carbonyl (C=O) groups excluding carboxylic acids is 2. The summed E-state index contributed by atoms with van der Waals surface area (Å²) in [5.74, 6) is 1.93. The van der Waals surface area contributed by atoms with Gasteiger partial charge in [0.15, 0.2) is 0 Å². The third-order valence-corrected chi connectivity index (χ3v) is 22.3. The number of carbonyl (C=O) groups is 2. The van der Waals surface area contributed by atoms with Crippen molar-refractivity contribution in [3.05, 3.63) is 237 Å². The Labute approximate surface area is 603 Å². The standard InChI is InChI=1S/C94H92B2O6/c1-51-31-33-71-75(36-51)101-77-37-52(2)35-65-61-45-59(79-67(91(9,10)11)41-57(89(3,4)5)42-68(79)92(12,13)14)63-48-74-82-62(46-60(64-47-73(95(71)85(65)77)81(61)83(63)84(64)82)80-69(93(15,16)17)43-58(90(6,7)8)44-70(80)94(18,19)20)66-38-56(88(98)100-50-54-29-25-22-26-30-54)40-78-86(66)96(74)72-34-32-55(39-76(72)102-78)87(97)99-49-53-27-23-21-24-28-53/h21-48H,49-50H2,1-20H3. The lowest BCUT2D eigenvalue weighted by Gasteiger charge is -2.39. The van der Waals surface area contributed by atoms with Gasteiger partial charge < -0.3 is 18.9 Å². The maximum atomic E-state index is 15.3. The third-order valence-electron chi connectivity index (χ3n) is 22.3. The molecule has 0 spiro atoms. The van der Waals surface area contributed by atoms with Crippen LogP contribution >= 0.6 is 0 Å². The highest BCUT2D eigenvalue weighted by Crippen LogP contribution is 2.56. The van der Waals surface area contributed by atoms with Crippen LogP contribution in [0.2, 0.25) is 0 Å². The van der Waals surface area contributed by atoms with Crippen molar-refractivity contribution in [2.24, 2.45) is 0 Å². The van der Waals surface area contributed by atoms with Gasteiger partial charge >= 0.3 is 11.9 Å². The summed E-state index contributed by atoms with van der Waals surface area (Å²) in [5.41, 5.74) is 26.7. The molecular weight excluding hydrogens is 1250 g/mol. The van der Waals surface area contributed by atoms with Crippen LogP contribution in [0.25, 0.3) is 76.8 Å². The Morgan fingerprint density at radius 2 is 0.716 bits per heavy atom. The fourth-order valence-corrected chi connectivity index (χ4v) is 17.1. The molecular formula is C94H92B2O6. The average Bonchev–Trinajstić information content (AvgIpc) is 0.664. The van der Waals surface area contributed by atoms with Crippen LogP contribution in [0, 0.1) is 13.8 Å². The van der Waals surface area contributed by atoms with E-state index in [1.807, 2.05) is 78.9 Å². The monoisotopic (exact) mass is 1340 g/mol. The lowest BCUT2D eigenvalue weighted by atomic mass is 9.31. The summed E-state index contributed by atoms with van der Waals surface area (Å²) in [5, 5.41) is 7.12. The minimum atomic E-state index is -0.461. The summed E-state index contributed by atoms with van der Waals surface area (Å²) in [7, 11) is 0. The molecule has 16 rings (SSSR count). The highest BCUT2D eigenvalue weighted by atomic mass is 16.5. The quantitative estimate of drug-likeness (QED) is 0.0858. The van der Waals surface area contributed by atoms with Gasteiger partial charge in [0.2, 0.25) is 0 Å². The van der Waals surface area contributed by atoms with E-state index < -0.39 is 18.7 Å². The van der Waals surface area contributed by atoms with Crippen molar-refractivity contribution >= 4 is 90.5 Å². The molecule has 12 aromatic rings. The fraction of sp³-hybridized carbons (Fsp3) is 0.298. The molecule has 0 N–H and O–H groups in total. The first-order valence-corrected chi connectivity index (χ1v) is 36.6. The van der Waals surface area contributed by atoms with Crippen molar-refractivity contribution < 1.29 is 28.5 Å². The molecule has 4 aliphatic heterocycles. The second-order valence-electron chi connectivity index (χ2n) is 36.0. The van der Waals surface area contributed by atoms with Crippen molar-refractivity contribution in [3.63, 3.8) is 0 Å². The van der Waals surface area contributed by atoms with Crippen LogP contribution < -0.4 is 42.3 Å². The van der Waals surface area contributed by atoms with Gasteiger partial charge in [-0.15, -0.1) is 0 Å². The van der Waals surface area contributed by atoms with Gasteiger partial charge in [-0.2, -0.15) is 0 Å². The van der Waals surface area contributed by atoms with Crippen LogP contribution in [0.15, 0.2) is 170 Å². The number of fused-ring (bicyclic) bond motifs is 8. The largest absolute Gasteiger partial charge is 0.458 e. The second kappa shape index (κ2) is 22.9. The van der Waals surface area contributed by atoms with E-state index in [9.17, 15) is 4.79 Å². The zero-order valence-electron chi connectivity index (χ0n) is 63.2. The predicted molar refractivity (Wildman–Crippen MR) is 427 cm³/mol. The zero-order chi connectivity index (χ0) is 72.1. The number of hydrogen-bond donors (Lipinski definition) is 0. The van der Waals surface area contributed by atoms with E-state index in [0.29, 0.717) is 22.6 Å². The molecule has 0 aromatic heterocycles. The van der Waals surface area contributed by atoms with Crippen molar-refractivity contribution in [1.82, 2.24) is 0 Å². The molecule has 0 radical (unpaired) electrons. The van der Waals surface area contributed by atoms with Gasteiger partial charge in [0.25, 0.3) is 13.4 Å². The average molecular weight is 1340 g/mol. The second-order valence-corrected chi connectivity index (χ2v) is 36.0. The molecule has 0 amide bonds. The first kappa shape index (κ1) is 66.9. The van der Waals surface area contributed by atoms with Crippen LogP contribution in [-0.2, 0) is 55.2 Å². The molecule has 8 heteroatoms. The van der Waals surface area contributed by atoms with E-state index in [2.05, 4.69) is 229 Å². The molecule has 0 saturated heterocycles. The van der Waals surface area contributed by atoms with Gasteiger partial charge in [-0.1, -0.05) is 257 Å². The van der Waals surface area contributed by atoms with E-state index >= 15 is 4.79 Å². The minimum Gasteiger partial charge on any atom is -0.458 e. The van der Waals surface area contributed by atoms with Crippen LogP contribution in [-0.4, -0.2) is 25.4 Å². The Morgan fingerprint density at radius 1 is 0.333 bits per heavy atom. The van der Waals surface area contributed by atoms with Gasteiger partial charge in [0.1, 0.15) is 36.2 Å². The number of ether oxygens (including phenoxy) is 4. The zero-order valence-corrected chi connectivity index (χ0v) is 63.2. The SMILES string of the molecule is Cc1ccc2c(c1)Oc1cc(C)cc3c1B2c1cc2c(-c4c(C(C)(C)C)cc(C(C)(C)C)cc4C(C)(C)C)cc4c5c(cc6c(-c7c(C(C)(C)C)cc(C(C)(C)C)cc7C(C)(C)C)cc-3c1c6c25)B1c2ccc(C(=O)OCc3ccccc3)cc2Oc2cc(C(=O)OCc3ccccc3)cc-4c21. The Bertz CT molecular complexity index is 5500. The van der Waals surface area contributed by atoms with Crippen LogP contribution in [0.4, 0.5) is 0 Å². The maximum Gasteiger partial charge on any atom is 0.338 e. The third kappa shape index (κ3) is 10.8. The maximum absolute atomic E-state index is 15.3. The topological polar surface area (TPSA) is 71.1 Å². The number of hydrogen-bond acceptors (Lipinski definition) is 6. The highest BCUT2D eigenvalue weighted by Gasteiger charge is 2.47. The van der Waals surface area contributed by atoms with Crippen molar-refractivity contribution in [3.8, 4) is 67.5 Å². The molecule has 0 atom stereocenters.